The van der Waals surface area contributed by atoms with Crippen LogP contribution in [0.15, 0.2) is 115 Å². The summed E-state index contributed by atoms with van der Waals surface area (Å²) in [6.45, 7) is 0. The third-order valence-corrected chi connectivity index (χ3v) is 9.14. The number of rotatable bonds is 5. The van der Waals surface area contributed by atoms with Gasteiger partial charge in [-0.25, -0.2) is 0 Å². The summed E-state index contributed by atoms with van der Waals surface area (Å²) in [6, 6.07) is 40.2. The van der Waals surface area contributed by atoms with E-state index in [9.17, 15) is 4.79 Å². The summed E-state index contributed by atoms with van der Waals surface area (Å²) in [4.78, 5) is 11.2. The van der Waals surface area contributed by atoms with Crippen LogP contribution in [-0.4, -0.2) is 6.29 Å². The van der Waals surface area contributed by atoms with E-state index in [2.05, 4.69) is 103 Å². The first-order chi connectivity index (χ1) is 13.4. The summed E-state index contributed by atoms with van der Waals surface area (Å²) in [7, 11) is -2.05. The number of halogens is 1. The van der Waals surface area contributed by atoms with Crippen LogP contribution >= 0.6 is 24.2 Å². The van der Waals surface area contributed by atoms with E-state index in [4.69, 9.17) is 0 Å². The van der Waals surface area contributed by atoms with Crippen molar-refractivity contribution in [3.63, 3.8) is 0 Å². The molecule has 0 saturated heterocycles. The van der Waals surface area contributed by atoms with Gasteiger partial charge in [-0.1, -0.05) is 54.6 Å². The van der Waals surface area contributed by atoms with Gasteiger partial charge in [0.1, 0.15) is 34.8 Å². The maximum absolute atomic E-state index is 11.2. The molecule has 0 saturated carbocycles. The maximum Gasteiger partial charge on any atom is 0.150 e. The highest BCUT2D eigenvalue weighted by Crippen LogP contribution is 2.54. The average molecular weight is 448 g/mol. The lowest BCUT2D eigenvalue weighted by atomic mass is 10.2. The molecule has 0 aliphatic rings. The van der Waals surface area contributed by atoms with Crippen LogP contribution in [0.1, 0.15) is 10.4 Å². The van der Waals surface area contributed by atoms with Gasteiger partial charge in [-0.3, -0.25) is 4.79 Å². The van der Waals surface area contributed by atoms with Gasteiger partial charge in [0.05, 0.1) is 0 Å². The van der Waals surface area contributed by atoms with Gasteiger partial charge in [0, 0.05) is 5.56 Å². The minimum absolute atomic E-state index is 0. The molecule has 28 heavy (non-hydrogen) atoms. The van der Waals surface area contributed by atoms with Crippen LogP contribution in [0.25, 0.3) is 0 Å². The van der Waals surface area contributed by atoms with Crippen LogP contribution < -0.4 is 21.2 Å². The fourth-order valence-corrected chi connectivity index (χ4v) is 7.87. The van der Waals surface area contributed by atoms with Crippen molar-refractivity contribution in [1.82, 2.24) is 0 Å². The summed E-state index contributed by atoms with van der Waals surface area (Å²) in [6.07, 6.45) is 0.900. The van der Waals surface area contributed by atoms with Gasteiger partial charge in [0.2, 0.25) is 0 Å². The zero-order valence-electron chi connectivity index (χ0n) is 15.3. The maximum atomic E-state index is 11.2. The molecule has 0 spiro atoms. The van der Waals surface area contributed by atoms with Crippen molar-refractivity contribution < 1.29 is 4.79 Å². The topological polar surface area (TPSA) is 17.1 Å². The highest BCUT2D eigenvalue weighted by Gasteiger charge is 2.47. The van der Waals surface area contributed by atoms with Crippen LogP contribution in [0, 0.1) is 0 Å². The van der Waals surface area contributed by atoms with Gasteiger partial charge in [-0.2, -0.15) is 0 Å². The lowest BCUT2D eigenvalue weighted by molar-refractivity contribution is 0.112. The van der Waals surface area contributed by atoms with Gasteiger partial charge < -0.3 is 0 Å². The molecule has 4 aromatic rings. The Morgan fingerprint density at radius 2 is 0.786 bits per heavy atom. The summed E-state index contributed by atoms with van der Waals surface area (Å²) in [5.74, 6) is 0. The van der Waals surface area contributed by atoms with Crippen molar-refractivity contribution in [3.05, 3.63) is 121 Å². The molecular weight excluding hydrogens is 427 g/mol. The summed E-state index contributed by atoms with van der Waals surface area (Å²) < 4.78 is 0. The molecule has 0 aliphatic heterocycles. The first-order valence-electron chi connectivity index (χ1n) is 8.97. The molecule has 0 radical (unpaired) electrons. The Morgan fingerprint density at radius 1 is 0.464 bits per heavy atom. The molecule has 0 atom stereocenters. The molecule has 138 valence electrons. The quantitative estimate of drug-likeness (QED) is 0.320. The highest BCUT2D eigenvalue weighted by atomic mass is 79.9. The van der Waals surface area contributed by atoms with Crippen molar-refractivity contribution in [2.45, 2.75) is 0 Å². The molecule has 3 heteroatoms. The molecule has 0 amide bonds. The molecule has 0 N–H and O–H groups in total. The lowest BCUT2D eigenvalue weighted by Crippen LogP contribution is -2.38. The smallest absolute Gasteiger partial charge is 0.150 e. The van der Waals surface area contributed by atoms with Gasteiger partial charge in [0.25, 0.3) is 0 Å². The van der Waals surface area contributed by atoms with Gasteiger partial charge >= 0.3 is 0 Å². The number of benzene rings is 4. The van der Waals surface area contributed by atoms with Crippen molar-refractivity contribution in [2.75, 3.05) is 0 Å². The SMILES string of the molecule is Br.O=Cc1ccc([P+](c2ccccc2)(c2ccccc2)c2ccccc2)cc1. The number of hydrogen-bond acceptors (Lipinski definition) is 1. The molecule has 0 aliphatic carbocycles. The van der Waals surface area contributed by atoms with E-state index in [1.165, 1.54) is 21.2 Å². The van der Waals surface area contributed by atoms with E-state index in [-0.39, 0.29) is 17.0 Å². The lowest BCUT2D eigenvalue weighted by Gasteiger charge is -2.27. The Morgan fingerprint density at radius 3 is 1.11 bits per heavy atom. The van der Waals surface area contributed by atoms with Crippen molar-refractivity contribution in [2.24, 2.45) is 0 Å². The number of aldehydes is 1. The second kappa shape index (κ2) is 9.10. The largest absolute Gasteiger partial charge is 0.298 e. The van der Waals surface area contributed by atoms with Crippen LogP contribution in [-0.2, 0) is 0 Å². The fourth-order valence-electron chi connectivity index (χ4n) is 3.63. The standard InChI is InChI=1S/C25H20OP.BrH/c26-20-21-16-18-25(19-17-21)27(22-10-4-1-5-11-22,23-12-6-2-7-13-23)24-14-8-3-9-15-24;/h1-20H;1H/q+1;. The van der Waals surface area contributed by atoms with Gasteiger partial charge in [-0.05, 0) is 60.7 Å². The molecule has 1 nitrogen and oxygen atoms in total. The Kier molecular flexibility index (Phi) is 6.57. The Hall–Kier alpha value is -2.54. The number of hydrogen-bond donors (Lipinski definition) is 0. The second-order valence-corrected chi connectivity index (χ2v) is 9.79. The van der Waals surface area contributed by atoms with Gasteiger partial charge in [0.15, 0.2) is 0 Å². The van der Waals surface area contributed by atoms with E-state index in [0.717, 1.165) is 6.29 Å². The van der Waals surface area contributed by atoms with Crippen LogP contribution in [0.4, 0.5) is 0 Å². The monoisotopic (exact) mass is 447 g/mol. The number of carbonyl (C=O) groups excluding carboxylic acids is 1. The van der Waals surface area contributed by atoms with Gasteiger partial charge in [-0.15, -0.1) is 17.0 Å². The minimum atomic E-state index is -2.05. The van der Waals surface area contributed by atoms with E-state index in [0.29, 0.717) is 5.56 Å². The average Bonchev–Trinajstić information content (AvgIpc) is 2.77. The normalized spacial score (nSPS) is 10.7. The molecule has 0 aromatic heterocycles. The minimum Gasteiger partial charge on any atom is -0.298 e. The predicted molar refractivity (Wildman–Crippen MR) is 127 cm³/mol. The fraction of sp³-hybridized carbons (Fsp3) is 0. The molecule has 4 aromatic carbocycles. The Balaban J connectivity index is 0.00000225. The molecule has 0 heterocycles. The molecule has 0 bridgehead atoms. The molecule has 0 fully saturated rings. The van der Waals surface area contributed by atoms with Crippen molar-refractivity contribution in [1.29, 1.82) is 0 Å². The van der Waals surface area contributed by atoms with Crippen molar-refractivity contribution >= 4 is 51.7 Å². The Bertz CT molecular complexity index is 920. The summed E-state index contributed by atoms with van der Waals surface area (Å²) >= 11 is 0. The summed E-state index contributed by atoms with van der Waals surface area (Å²) in [5.41, 5.74) is 0.700. The zero-order valence-corrected chi connectivity index (χ0v) is 17.9. The second-order valence-electron chi connectivity index (χ2n) is 6.39. The number of carbonyl (C=O) groups is 1. The van der Waals surface area contributed by atoms with Crippen LogP contribution in [0.3, 0.4) is 0 Å². The van der Waals surface area contributed by atoms with E-state index in [1.54, 1.807) is 0 Å². The van der Waals surface area contributed by atoms with Crippen molar-refractivity contribution in [3.8, 4) is 0 Å². The summed E-state index contributed by atoms with van der Waals surface area (Å²) in [5, 5.41) is 5.17. The first kappa shape index (κ1) is 20.2. The van der Waals surface area contributed by atoms with Crippen LogP contribution in [0.2, 0.25) is 0 Å². The third-order valence-electron chi connectivity index (χ3n) is 4.85. The van der Waals surface area contributed by atoms with E-state index in [1.807, 2.05) is 12.1 Å². The van der Waals surface area contributed by atoms with E-state index < -0.39 is 7.26 Å². The van der Waals surface area contributed by atoms with Crippen LogP contribution in [0.5, 0.6) is 0 Å². The molecular formula is C25H21BrOP+. The molecule has 0 unspecified atom stereocenters. The Labute approximate surface area is 177 Å². The predicted octanol–water partition coefficient (Wildman–Crippen LogP) is 4.70. The first-order valence-corrected chi connectivity index (χ1v) is 10.8. The zero-order chi connectivity index (χ0) is 18.5. The third kappa shape index (κ3) is 3.58. The highest BCUT2D eigenvalue weighted by molar-refractivity contribution is 8.93. The van der Waals surface area contributed by atoms with E-state index >= 15 is 0 Å². The molecule has 4 rings (SSSR count).